The van der Waals surface area contributed by atoms with E-state index in [0.29, 0.717) is 12.1 Å². The van der Waals surface area contributed by atoms with Gasteiger partial charge in [-0.15, -0.1) is 0 Å². The van der Waals surface area contributed by atoms with Crippen LogP contribution in [0, 0.1) is 0 Å². The van der Waals surface area contributed by atoms with Gasteiger partial charge in [0.2, 0.25) is 0 Å². The molecule has 4 heteroatoms. The van der Waals surface area contributed by atoms with Crippen LogP contribution in [-0.2, 0) is 0 Å². The SMILES string of the molecule is CCSCCC(C)NC(=S)NC1CC1. The summed E-state index contributed by atoms with van der Waals surface area (Å²) in [5.41, 5.74) is 0. The molecule has 0 saturated heterocycles. The van der Waals surface area contributed by atoms with Gasteiger partial charge in [-0.05, 0) is 49.9 Å². The van der Waals surface area contributed by atoms with Crippen molar-refractivity contribution in [2.75, 3.05) is 11.5 Å². The van der Waals surface area contributed by atoms with Gasteiger partial charge < -0.3 is 10.6 Å². The zero-order valence-electron chi connectivity index (χ0n) is 9.01. The van der Waals surface area contributed by atoms with Gasteiger partial charge in [-0.3, -0.25) is 0 Å². The van der Waals surface area contributed by atoms with Crippen molar-refractivity contribution in [1.82, 2.24) is 10.6 Å². The van der Waals surface area contributed by atoms with Gasteiger partial charge in [-0.2, -0.15) is 11.8 Å². The molecular formula is C10H20N2S2. The van der Waals surface area contributed by atoms with Crippen LogP contribution in [-0.4, -0.2) is 28.7 Å². The molecule has 1 aliphatic rings. The van der Waals surface area contributed by atoms with Crippen LogP contribution in [0.2, 0.25) is 0 Å². The van der Waals surface area contributed by atoms with E-state index >= 15 is 0 Å². The highest BCUT2D eigenvalue weighted by Crippen LogP contribution is 2.18. The molecule has 0 amide bonds. The molecule has 0 heterocycles. The highest BCUT2D eigenvalue weighted by Gasteiger charge is 2.21. The minimum Gasteiger partial charge on any atom is -0.360 e. The number of thiocarbonyl (C=S) groups is 1. The lowest BCUT2D eigenvalue weighted by molar-refractivity contribution is 0.636. The normalized spacial score (nSPS) is 17.6. The summed E-state index contributed by atoms with van der Waals surface area (Å²) in [5.74, 6) is 2.42. The smallest absolute Gasteiger partial charge is 0.166 e. The van der Waals surface area contributed by atoms with Crippen LogP contribution < -0.4 is 10.6 Å². The molecule has 1 fully saturated rings. The fourth-order valence-corrected chi connectivity index (χ4v) is 2.33. The molecule has 0 aromatic rings. The van der Waals surface area contributed by atoms with Crippen LogP contribution >= 0.6 is 24.0 Å². The first-order valence-electron chi connectivity index (χ1n) is 5.37. The molecule has 0 bridgehead atoms. The monoisotopic (exact) mass is 232 g/mol. The maximum absolute atomic E-state index is 5.20. The fourth-order valence-electron chi connectivity index (χ4n) is 1.16. The van der Waals surface area contributed by atoms with E-state index < -0.39 is 0 Å². The van der Waals surface area contributed by atoms with Gasteiger partial charge in [0.05, 0.1) is 0 Å². The van der Waals surface area contributed by atoms with Crippen molar-refractivity contribution in [1.29, 1.82) is 0 Å². The van der Waals surface area contributed by atoms with Gasteiger partial charge >= 0.3 is 0 Å². The number of rotatable bonds is 6. The number of nitrogens with one attached hydrogen (secondary N) is 2. The van der Waals surface area contributed by atoms with E-state index in [1.54, 1.807) is 0 Å². The fraction of sp³-hybridized carbons (Fsp3) is 0.900. The Morgan fingerprint density at radius 1 is 1.57 bits per heavy atom. The van der Waals surface area contributed by atoms with Crippen LogP contribution in [0.25, 0.3) is 0 Å². The average Bonchev–Trinajstić information content (AvgIpc) is 2.88. The Labute approximate surface area is 96.6 Å². The summed E-state index contributed by atoms with van der Waals surface area (Å²) in [6.45, 7) is 4.39. The summed E-state index contributed by atoms with van der Waals surface area (Å²) >= 11 is 7.18. The molecule has 0 aromatic carbocycles. The van der Waals surface area contributed by atoms with Gasteiger partial charge in [-0.25, -0.2) is 0 Å². The van der Waals surface area contributed by atoms with Gasteiger partial charge in [0.1, 0.15) is 0 Å². The quantitative estimate of drug-likeness (QED) is 0.541. The van der Waals surface area contributed by atoms with Crippen molar-refractivity contribution in [3.8, 4) is 0 Å². The summed E-state index contributed by atoms with van der Waals surface area (Å²) in [6, 6.07) is 1.15. The third-order valence-electron chi connectivity index (χ3n) is 2.19. The Hall–Kier alpha value is 0.0400. The van der Waals surface area contributed by atoms with Crippen molar-refractivity contribution < 1.29 is 0 Å². The van der Waals surface area contributed by atoms with Gasteiger partial charge in [-0.1, -0.05) is 6.92 Å². The summed E-state index contributed by atoms with van der Waals surface area (Å²) < 4.78 is 0. The van der Waals surface area contributed by atoms with Gasteiger partial charge in [0, 0.05) is 12.1 Å². The van der Waals surface area contributed by atoms with Crippen molar-refractivity contribution >= 4 is 29.1 Å². The van der Waals surface area contributed by atoms with E-state index in [-0.39, 0.29) is 0 Å². The average molecular weight is 232 g/mol. The topological polar surface area (TPSA) is 24.1 Å². The minimum atomic E-state index is 0.493. The Balaban J connectivity index is 1.99. The lowest BCUT2D eigenvalue weighted by atomic mass is 10.3. The highest BCUT2D eigenvalue weighted by atomic mass is 32.2. The second kappa shape index (κ2) is 6.51. The largest absolute Gasteiger partial charge is 0.360 e. The highest BCUT2D eigenvalue weighted by molar-refractivity contribution is 7.99. The van der Waals surface area contributed by atoms with E-state index in [2.05, 4.69) is 24.5 Å². The molecule has 0 radical (unpaired) electrons. The number of thioether (sulfide) groups is 1. The van der Waals surface area contributed by atoms with Crippen molar-refractivity contribution in [3.63, 3.8) is 0 Å². The molecule has 0 aromatic heterocycles. The predicted octanol–water partition coefficient (Wildman–Crippen LogP) is 2.14. The van der Waals surface area contributed by atoms with Crippen molar-refractivity contribution in [3.05, 3.63) is 0 Å². The van der Waals surface area contributed by atoms with E-state index in [1.165, 1.54) is 30.8 Å². The third-order valence-corrected chi connectivity index (χ3v) is 3.36. The molecule has 0 aliphatic heterocycles. The maximum Gasteiger partial charge on any atom is 0.166 e. The predicted molar refractivity (Wildman–Crippen MR) is 69.0 cm³/mol. The van der Waals surface area contributed by atoms with Crippen LogP contribution in [0.15, 0.2) is 0 Å². The second-order valence-electron chi connectivity index (χ2n) is 3.78. The summed E-state index contributed by atoms with van der Waals surface area (Å²) in [4.78, 5) is 0. The summed E-state index contributed by atoms with van der Waals surface area (Å²) in [5, 5.41) is 7.44. The lowest BCUT2D eigenvalue weighted by Crippen LogP contribution is -2.41. The van der Waals surface area contributed by atoms with Crippen LogP contribution in [0.1, 0.15) is 33.1 Å². The standard InChI is InChI=1S/C10H20N2S2/c1-3-14-7-6-8(2)11-10(13)12-9-4-5-9/h8-9H,3-7H2,1-2H3,(H2,11,12,13). The molecule has 1 saturated carbocycles. The molecule has 0 spiro atoms. The molecular weight excluding hydrogens is 212 g/mol. The molecule has 1 atom stereocenters. The first kappa shape index (κ1) is 12.1. The Morgan fingerprint density at radius 2 is 2.29 bits per heavy atom. The molecule has 1 rings (SSSR count). The zero-order valence-corrected chi connectivity index (χ0v) is 10.6. The molecule has 2 nitrogen and oxygen atoms in total. The molecule has 1 aliphatic carbocycles. The number of hydrogen-bond donors (Lipinski definition) is 2. The van der Waals surface area contributed by atoms with Gasteiger partial charge in [0.25, 0.3) is 0 Å². The van der Waals surface area contributed by atoms with Crippen molar-refractivity contribution in [2.45, 2.75) is 45.2 Å². The number of hydrogen-bond acceptors (Lipinski definition) is 2. The van der Waals surface area contributed by atoms with Crippen LogP contribution in [0.4, 0.5) is 0 Å². The summed E-state index contributed by atoms with van der Waals surface area (Å²) in [6.07, 6.45) is 3.74. The molecule has 1 unspecified atom stereocenters. The second-order valence-corrected chi connectivity index (χ2v) is 5.58. The van der Waals surface area contributed by atoms with Crippen molar-refractivity contribution in [2.24, 2.45) is 0 Å². The molecule has 82 valence electrons. The van der Waals surface area contributed by atoms with E-state index in [0.717, 1.165) is 5.11 Å². The molecule has 14 heavy (non-hydrogen) atoms. The zero-order chi connectivity index (χ0) is 10.4. The Bertz CT molecular complexity index is 181. The van der Waals surface area contributed by atoms with E-state index in [4.69, 9.17) is 12.2 Å². The first-order valence-corrected chi connectivity index (χ1v) is 6.93. The van der Waals surface area contributed by atoms with E-state index in [1.807, 2.05) is 11.8 Å². The lowest BCUT2D eigenvalue weighted by Gasteiger charge is -2.16. The summed E-state index contributed by atoms with van der Waals surface area (Å²) in [7, 11) is 0. The minimum absolute atomic E-state index is 0.493. The van der Waals surface area contributed by atoms with E-state index in [9.17, 15) is 0 Å². The third kappa shape index (κ3) is 5.70. The maximum atomic E-state index is 5.20. The van der Waals surface area contributed by atoms with Crippen LogP contribution in [0.3, 0.4) is 0 Å². The van der Waals surface area contributed by atoms with Gasteiger partial charge in [0.15, 0.2) is 5.11 Å². The first-order chi connectivity index (χ1) is 6.72. The Morgan fingerprint density at radius 3 is 2.86 bits per heavy atom. The molecule has 2 N–H and O–H groups in total. The Kier molecular flexibility index (Phi) is 5.63. The van der Waals surface area contributed by atoms with Crippen LogP contribution in [0.5, 0.6) is 0 Å².